The number of ether oxygens (including phenoxy) is 1. The summed E-state index contributed by atoms with van der Waals surface area (Å²) in [5.41, 5.74) is 2.37. The summed E-state index contributed by atoms with van der Waals surface area (Å²) in [6, 6.07) is 12.2. The molecule has 0 spiro atoms. The SMILES string of the molecule is O=c1nc2[nH]c(CCc3ccccc3)cc2cn1[C@H]1C[C@H](O)[C@@H](CO)O1. The normalized spacial score (nSPS) is 22.9. The largest absolute Gasteiger partial charge is 0.394 e. The van der Waals surface area contributed by atoms with Crippen LogP contribution in [-0.2, 0) is 17.6 Å². The highest BCUT2D eigenvalue weighted by Gasteiger charge is 2.35. The third-order valence-corrected chi connectivity index (χ3v) is 4.81. The molecule has 1 aromatic carbocycles. The van der Waals surface area contributed by atoms with E-state index in [9.17, 15) is 15.0 Å². The molecule has 0 aliphatic carbocycles. The average Bonchev–Trinajstić information content (AvgIpc) is 3.22. The minimum atomic E-state index is -0.791. The van der Waals surface area contributed by atoms with Crippen molar-refractivity contribution in [3.8, 4) is 0 Å². The van der Waals surface area contributed by atoms with Crippen LogP contribution in [0.4, 0.5) is 0 Å². The summed E-state index contributed by atoms with van der Waals surface area (Å²) < 4.78 is 6.95. The molecule has 7 nitrogen and oxygen atoms in total. The number of aromatic nitrogens is 3. The molecule has 2 aromatic heterocycles. The van der Waals surface area contributed by atoms with Gasteiger partial charge in [-0.3, -0.25) is 4.57 Å². The summed E-state index contributed by atoms with van der Waals surface area (Å²) in [4.78, 5) is 19.6. The first-order valence-corrected chi connectivity index (χ1v) is 8.73. The zero-order valence-corrected chi connectivity index (χ0v) is 14.2. The predicted octanol–water partition coefficient (Wildman–Crippen LogP) is 1.15. The van der Waals surface area contributed by atoms with Crippen LogP contribution in [0.25, 0.3) is 11.0 Å². The lowest BCUT2D eigenvalue weighted by molar-refractivity contribution is -0.0457. The van der Waals surface area contributed by atoms with Crippen molar-refractivity contribution in [3.05, 3.63) is 64.3 Å². The molecule has 3 N–H and O–H groups in total. The molecule has 0 unspecified atom stereocenters. The molecule has 7 heteroatoms. The van der Waals surface area contributed by atoms with Gasteiger partial charge in [-0.1, -0.05) is 30.3 Å². The number of H-pyrrole nitrogens is 1. The maximum atomic E-state index is 12.3. The summed E-state index contributed by atoms with van der Waals surface area (Å²) in [6.07, 6.45) is 1.59. The number of aliphatic hydroxyl groups excluding tert-OH is 2. The fourth-order valence-corrected chi connectivity index (χ4v) is 3.38. The van der Waals surface area contributed by atoms with Crippen LogP contribution < -0.4 is 5.69 Å². The van der Waals surface area contributed by atoms with Gasteiger partial charge in [0.1, 0.15) is 18.0 Å². The van der Waals surface area contributed by atoms with Crippen molar-refractivity contribution >= 4 is 11.0 Å². The van der Waals surface area contributed by atoms with Crippen LogP contribution in [-0.4, -0.2) is 43.6 Å². The van der Waals surface area contributed by atoms with Gasteiger partial charge in [-0.05, 0) is 24.5 Å². The topological polar surface area (TPSA) is 100 Å². The third-order valence-electron chi connectivity index (χ3n) is 4.81. The quantitative estimate of drug-likeness (QED) is 0.637. The van der Waals surface area contributed by atoms with Crippen molar-refractivity contribution in [2.75, 3.05) is 6.61 Å². The summed E-state index contributed by atoms with van der Waals surface area (Å²) >= 11 is 0. The Bertz CT molecular complexity index is 950. The molecule has 1 saturated heterocycles. The maximum absolute atomic E-state index is 12.3. The number of nitrogens with zero attached hydrogens (tertiary/aromatic N) is 2. The number of rotatable bonds is 5. The minimum absolute atomic E-state index is 0.254. The van der Waals surface area contributed by atoms with Gasteiger partial charge in [0.05, 0.1) is 12.7 Å². The minimum Gasteiger partial charge on any atom is -0.394 e. The van der Waals surface area contributed by atoms with Crippen molar-refractivity contribution in [1.82, 2.24) is 14.5 Å². The zero-order valence-electron chi connectivity index (χ0n) is 14.2. The van der Waals surface area contributed by atoms with E-state index >= 15 is 0 Å². The first-order chi connectivity index (χ1) is 12.6. The standard InChI is InChI=1S/C19H21N3O4/c23-11-16-15(24)9-17(26-16)22-10-13-8-14(20-18(13)21-19(22)25)7-6-12-4-2-1-3-5-12/h1-5,8,10,15-17,23-24H,6-7,9,11H2,(H,20,21,25)/t15-,16+,17+/m0/s1. The first kappa shape index (κ1) is 17.0. The molecule has 136 valence electrons. The summed E-state index contributed by atoms with van der Waals surface area (Å²) in [5, 5.41) is 19.9. The van der Waals surface area contributed by atoms with Crippen LogP contribution in [0.15, 0.2) is 47.4 Å². The van der Waals surface area contributed by atoms with E-state index < -0.39 is 24.1 Å². The van der Waals surface area contributed by atoms with Crippen LogP contribution in [0.1, 0.15) is 23.9 Å². The van der Waals surface area contributed by atoms with Gasteiger partial charge in [-0.25, -0.2) is 4.79 Å². The molecule has 1 aliphatic heterocycles. The molecular weight excluding hydrogens is 334 g/mol. The highest BCUT2D eigenvalue weighted by atomic mass is 16.5. The van der Waals surface area contributed by atoms with Gasteiger partial charge in [-0.2, -0.15) is 4.98 Å². The molecule has 3 atom stereocenters. The van der Waals surface area contributed by atoms with Gasteiger partial charge in [0.2, 0.25) is 0 Å². The van der Waals surface area contributed by atoms with E-state index in [4.69, 9.17) is 4.74 Å². The van der Waals surface area contributed by atoms with Gasteiger partial charge >= 0.3 is 5.69 Å². The number of hydrogen-bond acceptors (Lipinski definition) is 5. The van der Waals surface area contributed by atoms with Gasteiger partial charge < -0.3 is 19.9 Å². The number of aryl methyl sites for hydroxylation is 2. The molecular formula is C19H21N3O4. The van der Waals surface area contributed by atoms with Gasteiger partial charge in [0, 0.05) is 23.7 Å². The highest BCUT2D eigenvalue weighted by Crippen LogP contribution is 2.28. The Labute approximate surface area is 149 Å². The number of hydrogen-bond donors (Lipinski definition) is 3. The molecule has 0 radical (unpaired) electrons. The Balaban J connectivity index is 1.56. The van der Waals surface area contributed by atoms with Crippen LogP contribution in [0, 0.1) is 0 Å². The number of aromatic amines is 1. The number of fused-ring (bicyclic) bond motifs is 1. The summed E-state index contributed by atoms with van der Waals surface area (Å²) in [5.74, 6) is 0. The predicted molar refractivity (Wildman–Crippen MR) is 95.8 cm³/mol. The molecule has 0 saturated carbocycles. The number of aliphatic hydroxyl groups is 2. The summed E-state index contributed by atoms with van der Waals surface area (Å²) in [6.45, 7) is -0.282. The second kappa shape index (κ2) is 7.03. The molecule has 3 heterocycles. The molecule has 1 fully saturated rings. The second-order valence-corrected chi connectivity index (χ2v) is 6.63. The van der Waals surface area contributed by atoms with Crippen molar-refractivity contribution < 1.29 is 14.9 Å². The van der Waals surface area contributed by atoms with E-state index in [1.807, 2.05) is 24.3 Å². The molecule has 0 bridgehead atoms. The second-order valence-electron chi connectivity index (χ2n) is 6.63. The number of benzene rings is 1. The van der Waals surface area contributed by atoms with Crippen LogP contribution in [0.2, 0.25) is 0 Å². The lowest BCUT2D eigenvalue weighted by Gasteiger charge is -2.14. The molecule has 1 aliphatic rings. The van der Waals surface area contributed by atoms with Crippen LogP contribution in [0.5, 0.6) is 0 Å². The number of nitrogens with one attached hydrogen (secondary N) is 1. The monoisotopic (exact) mass is 355 g/mol. The Morgan fingerprint density at radius 3 is 2.81 bits per heavy atom. The van der Waals surface area contributed by atoms with Crippen molar-refractivity contribution in [2.45, 2.75) is 37.7 Å². The van der Waals surface area contributed by atoms with E-state index in [1.165, 1.54) is 10.1 Å². The molecule has 4 rings (SSSR count). The van der Waals surface area contributed by atoms with Crippen LogP contribution in [0.3, 0.4) is 0 Å². The summed E-state index contributed by atoms with van der Waals surface area (Å²) in [7, 11) is 0. The van der Waals surface area contributed by atoms with Gasteiger partial charge in [0.25, 0.3) is 0 Å². The molecule has 26 heavy (non-hydrogen) atoms. The smallest absolute Gasteiger partial charge is 0.351 e. The van der Waals surface area contributed by atoms with E-state index in [2.05, 4.69) is 22.1 Å². The van der Waals surface area contributed by atoms with E-state index in [-0.39, 0.29) is 13.0 Å². The molecule has 3 aromatic rings. The van der Waals surface area contributed by atoms with Crippen LogP contribution >= 0.6 is 0 Å². The first-order valence-electron chi connectivity index (χ1n) is 8.73. The maximum Gasteiger partial charge on any atom is 0.351 e. The lowest BCUT2D eigenvalue weighted by atomic mass is 10.1. The van der Waals surface area contributed by atoms with Gasteiger partial charge in [0.15, 0.2) is 0 Å². The zero-order chi connectivity index (χ0) is 18.1. The van der Waals surface area contributed by atoms with E-state index in [0.29, 0.717) is 5.65 Å². The van der Waals surface area contributed by atoms with E-state index in [1.54, 1.807) is 6.20 Å². The Morgan fingerprint density at radius 1 is 1.27 bits per heavy atom. The molecule has 0 amide bonds. The Kier molecular flexibility index (Phi) is 4.58. The van der Waals surface area contributed by atoms with Crippen molar-refractivity contribution in [2.24, 2.45) is 0 Å². The van der Waals surface area contributed by atoms with Gasteiger partial charge in [-0.15, -0.1) is 0 Å². The van der Waals surface area contributed by atoms with E-state index in [0.717, 1.165) is 23.9 Å². The lowest BCUT2D eigenvalue weighted by Crippen LogP contribution is -2.27. The average molecular weight is 355 g/mol. The Morgan fingerprint density at radius 2 is 2.08 bits per heavy atom. The third kappa shape index (κ3) is 3.29. The fourth-order valence-electron chi connectivity index (χ4n) is 3.38. The Hall–Kier alpha value is -2.48. The van der Waals surface area contributed by atoms with Crippen molar-refractivity contribution in [1.29, 1.82) is 0 Å². The highest BCUT2D eigenvalue weighted by molar-refractivity contribution is 5.75. The fraction of sp³-hybridized carbons (Fsp3) is 0.368. The van der Waals surface area contributed by atoms with Crippen molar-refractivity contribution in [3.63, 3.8) is 0 Å².